The van der Waals surface area contributed by atoms with E-state index < -0.39 is 0 Å². The van der Waals surface area contributed by atoms with Crippen molar-refractivity contribution in [3.8, 4) is 0 Å². The van der Waals surface area contributed by atoms with Crippen LogP contribution in [0.25, 0.3) is 0 Å². The number of amides is 2. The molecular formula is C24H24N2O3. The average molecular weight is 388 g/mol. The Balaban J connectivity index is 1.32. The van der Waals surface area contributed by atoms with Gasteiger partial charge in [0.05, 0.1) is 23.9 Å². The van der Waals surface area contributed by atoms with Crippen LogP contribution < -0.4 is 0 Å². The molecule has 148 valence electrons. The van der Waals surface area contributed by atoms with E-state index in [1.165, 1.54) is 10.5 Å². The lowest BCUT2D eigenvalue weighted by molar-refractivity contribution is 0.0650. The number of nitrogens with zero attached hydrogens (tertiary/aromatic N) is 2. The van der Waals surface area contributed by atoms with Gasteiger partial charge in [0, 0.05) is 13.1 Å². The number of hydrogen-bond donors (Lipinski definition) is 0. The molecule has 29 heavy (non-hydrogen) atoms. The minimum atomic E-state index is -0.178. The molecule has 2 amide bonds. The highest BCUT2D eigenvalue weighted by Crippen LogP contribution is 2.22. The molecule has 3 aromatic rings. The van der Waals surface area contributed by atoms with Gasteiger partial charge in [-0.1, -0.05) is 42.5 Å². The number of furan rings is 1. The number of carbonyl (C=O) groups excluding carboxylic acids is 2. The largest absolute Gasteiger partial charge is 0.468 e. The zero-order valence-corrected chi connectivity index (χ0v) is 16.3. The van der Waals surface area contributed by atoms with Gasteiger partial charge in [0.15, 0.2) is 0 Å². The third-order valence-corrected chi connectivity index (χ3v) is 5.19. The smallest absolute Gasteiger partial charge is 0.261 e. The van der Waals surface area contributed by atoms with Crippen LogP contribution in [0.15, 0.2) is 77.4 Å². The van der Waals surface area contributed by atoms with E-state index in [0.29, 0.717) is 17.7 Å². The minimum Gasteiger partial charge on any atom is -0.468 e. The fourth-order valence-electron chi connectivity index (χ4n) is 3.73. The van der Waals surface area contributed by atoms with Gasteiger partial charge in [-0.3, -0.25) is 19.4 Å². The normalized spacial score (nSPS) is 13.3. The molecule has 0 bridgehead atoms. The summed E-state index contributed by atoms with van der Waals surface area (Å²) >= 11 is 0. The van der Waals surface area contributed by atoms with Crippen molar-refractivity contribution in [3.63, 3.8) is 0 Å². The number of rotatable bonds is 9. The van der Waals surface area contributed by atoms with Crippen molar-refractivity contribution >= 4 is 11.8 Å². The van der Waals surface area contributed by atoms with Crippen molar-refractivity contribution < 1.29 is 14.0 Å². The molecule has 4 rings (SSSR count). The fraction of sp³-hybridized carbons (Fsp3) is 0.250. The maximum atomic E-state index is 12.5. The maximum absolute atomic E-state index is 12.5. The molecule has 0 atom stereocenters. The molecule has 0 unspecified atom stereocenters. The molecule has 2 heterocycles. The summed E-state index contributed by atoms with van der Waals surface area (Å²) in [5.41, 5.74) is 2.28. The Labute approximate surface area is 170 Å². The Morgan fingerprint density at radius 2 is 1.45 bits per heavy atom. The van der Waals surface area contributed by atoms with Gasteiger partial charge in [0.1, 0.15) is 5.76 Å². The topological polar surface area (TPSA) is 53.8 Å². The van der Waals surface area contributed by atoms with Crippen molar-refractivity contribution in [2.75, 3.05) is 13.1 Å². The number of hydrogen-bond acceptors (Lipinski definition) is 4. The zero-order valence-electron chi connectivity index (χ0n) is 16.3. The quantitative estimate of drug-likeness (QED) is 0.404. The summed E-state index contributed by atoms with van der Waals surface area (Å²) in [5.74, 6) is 0.575. The summed E-state index contributed by atoms with van der Waals surface area (Å²) < 4.78 is 5.51. The first-order chi connectivity index (χ1) is 14.2. The Kier molecular flexibility index (Phi) is 5.86. The SMILES string of the molecule is O=C1c2ccccc2C(=O)N1CCCCN(Cc1ccccc1)Cc1ccco1. The lowest BCUT2D eigenvalue weighted by Crippen LogP contribution is -2.31. The van der Waals surface area contributed by atoms with E-state index >= 15 is 0 Å². The lowest BCUT2D eigenvalue weighted by atomic mass is 10.1. The summed E-state index contributed by atoms with van der Waals surface area (Å²) in [6.45, 7) is 2.87. The van der Waals surface area contributed by atoms with E-state index in [4.69, 9.17) is 4.42 Å². The van der Waals surface area contributed by atoms with Gasteiger partial charge < -0.3 is 4.42 Å². The van der Waals surface area contributed by atoms with Crippen LogP contribution in [0, 0.1) is 0 Å². The molecule has 0 saturated heterocycles. The van der Waals surface area contributed by atoms with Crippen LogP contribution >= 0.6 is 0 Å². The zero-order chi connectivity index (χ0) is 20.1. The van der Waals surface area contributed by atoms with Crippen LogP contribution in [0.3, 0.4) is 0 Å². The summed E-state index contributed by atoms with van der Waals surface area (Å²) in [6.07, 6.45) is 3.36. The number of carbonyl (C=O) groups is 2. The Bertz CT molecular complexity index is 932. The van der Waals surface area contributed by atoms with E-state index in [1.807, 2.05) is 30.3 Å². The molecule has 1 aliphatic heterocycles. The third kappa shape index (κ3) is 4.46. The van der Waals surface area contributed by atoms with Crippen LogP contribution in [-0.2, 0) is 13.1 Å². The summed E-state index contributed by atoms with van der Waals surface area (Å²) in [7, 11) is 0. The second-order valence-electron chi connectivity index (χ2n) is 7.29. The lowest BCUT2D eigenvalue weighted by Gasteiger charge is -2.22. The minimum absolute atomic E-state index is 0.178. The van der Waals surface area contributed by atoms with E-state index in [2.05, 4.69) is 17.0 Å². The predicted molar refractivity (Wildman–Crippen MR) is 110 cm³/mol. The maximum Gasteiger partial charge on any atom is 0.261 e. The van der Waals surface area contributed by atoms with E-state index in [-0.39, 0.29) is 11.8 Å². The third-order valence-electron chi connectivity index (χ3n) is 5.19. The monoisotopic (exact) mass is 388 g/mol. The molecule has 2 aromatic carbocycles. The van der Waals surface area contributed by atoms with Gasteiger partial charge >= 0.3 is 0 Å². The number of fused-ring (bicyclic) bond motifs is 1. The molecule has 0 saturated carbocycles. The number of benzene rings is 2. The Morgan fingerprint density at radius 1 is 0.759 bits per heavy atom. The van der Waals surface area contributed by atoms with Crippen molar-refractivity contribution in [1.82, 2.24) is 9.80 Å². The molecule has 1 aromatic heterocycles. The predicted octanol–water partition coefficient (Wildman–Crippen LogP) is 4.36. The molecule has 0 aliphatic carbocycles. The first-order valence-corrected chi connectivity index (χ1v) is 9.96. The molecule has 5 heteroatoms. The molecule has 5 nitrogen and oxygen atoms in total. The second-order valence-corrected chi connectivity index (χ2v) is 7.29. The van der Waals surface area contributed by atoms with E-state index in [9.17, 15) is 9.59 Å². The van der Waals surface area contributed by atoms with Gasteiger partial charge in [-0.15, -0.1) is 0 Å². The summed E-state index contributed by atoms with van der Waals surface area (Å²) in [5, 5.41) is 0. The van der Waals surface area contributed by atoms with Crippen LogP contribution in [0.1, 0.15) is 44.9 Å². The average Bonchev–Trinajstić information content (AvgIpc) is 3.34. The van der Waals surface area contributed by atoms with Gasteiger partial charge in [0.25, 0.3) is 11.8 Å². The Morgan fingerprint density at radius 3 is 2.10 bits per heavy atom. The standard InChI is InChI=1S/C24H24N2O3/c27-23-21-12-4-5-13-22(21)24(28)26(23)15-7-6-14-25(18-20-11-8-16-29-20)17-19-9-2-1-3-10-19/h1-5,8-13,16H,6-7,14-15,17-18H2. The highest BCUT2D eigenvalue weighted by Gasteiger charge is 2.34. The molecular weight excluding hydrogens is 364 g/mol. The molecule has 0 N–H and O–H groups in total. The Hall–Kier alpha value is -3.18. The molecule has 0 radical (unpaired) electrons. The van der Waals surface area contributed by atoms with Crippen molar-refractivity contribution in [2.45, 2.75) is 25.9 Å². The van der Waals surface area contributed by atoms with Crippen LogP contribution in [0.2, 0.25) is 0 Å². The fourth-order valence-corrected chi connectivity index (χ4v) is 3.73. The first kappa shape index (κ1) is 19.2. The first-order valence-electron chi connectivity index (χ1n) is 9.96. The van der Waals surface area contributed by atoms with Crippen molar-refractivity contribution in [2.24, 2.45) is 0 Å². The van der Waals surface area contributed by atoms with Gasteiger partial charge in [-0.2, -0.15) is 0 Å². The number of imide groups is 1. The van der Waals surface area contributed by atoms with E-state index in [1.54, 1.807) is 30.5 Å². The number of unbranched alkanes of at least 4 members (excludes halogenated alkanes) is 1. The highest BCUT2D eigenvalue weighted by atomic mass is 16.3. The molecule has 0 fully saturated rings. The van der Waals surface area contributed by atoms with Crippen molar-refractivity contribution in [1.29, 1.82) is 0 Å². The summed E-state index contributed by atoms with van der Waals surface area (Å²) in [6, 6.07) is 21.3. The second kappa shape index (κ2) is 8.88. The highest BCUT2D eigenvalue weighted by molar-refractivity contribution is 6.21. The van der Waals surface area contributed by atoms with Crippen LogP contribution in [0.5, 0.6) is 0 Å². The van der Waals surface area contributed by atoms with Gasteiger partial charge in [-0.25, -0.2) is 0 Å². The van der Waals surface area contributed by atoms with Gasteiger partial charge in [0.2, 0.25) is 0 Å². The van der Waals surface area contributed by atoms with Crippen LogP contribution in [-0.4, -0.2) is 34.7 Å². The van der Waals surface area contributed by atoms with Crippen LogP contribution in [0.4, 0.5) is 0 Å². The van der Waals surface area contributed by atoms with Crippen molar-refractivity contribution in [3.05, 3.63) is 95.4 Å². The molecule has 0 spiro atoms. The van der Waals surface area contributed by atoms with E-state index in [0.717, 1.165) is 38.2 Å². The molecule has 1 aliphatic rings. The summed E-state index contributed by atoms with van der Waals surface area (Å²) in [4.78, 5) is 28.6. The van der Waals surface area contributed by atoms with Gasteiger partial charge in [-0.05, 0) is 49.2 Å².